The maximum Gasteiger partial charge on any atom is 0.0849 e. The first-order chi connectivity index (χ1) is 7.30. The van der Waals surface area contributed by atoms with Gasteiger partial charge in [-0.1, -0.05) is 19.1 Å². The van der Waals surface area contributed by atoms with Crippen LogP contribution >= 0.6 is 0 Å². The molecular formula is C10H20N4O. The number of aliphatic hydroxyl groups is 1. The second kappa shape index (κ2) is 6.53. The molecule has 15 heavy (non-hydrogen) atoms. The van der Waals surface area contributed by atoms with Crippen molar-refractivity contribution in [2.45, 2.75) is 26.8 Å². The van der Waals surface area contributed by atoms with Gasteiger partial charge in [0.1, 0.15) is 0 Å². The number of hydrogen-bond donors (Lipinski definition) is 1. The highest BCUT2D eigenvalue weighted by Gasteiger charge is 2.02. The summed E-state index contributed by atoms with van der Waals surface area (Å²) in [5.41, 5.74) is 0.858. The van der Waals surface area contributed by atoms with Crippen molar-refractivity contribution in [3.8, 4) is 0 Å². The summed E-state index contributed by atoms with van der Waals surface area (Å²) in [6, 6.07) is 0. The fourth-order valence-corrected chi connectivity index (χ4v) is 1.46. The molecule has 5 nitrogen and oxygen atoms in total. The van der Waals surface area contributed by atoms with Crippen molar-refractivity contribution in [3.63, 3.8) is 0 Å². The Morgan fingerprint density at radius 2 is 2.13 bits per heavy atom. The Morgan fingerprint density at radius 3 is 2.73 bits per heavy atom. The zero-order valence-corrected chi connectivity index (χ0v) is 9.56. The van der Waals surface area contributed by atoms with Crippen LogP contribution in [0.4, 0.5) is 0 Å². The lowest BCUT2D eigenvalue weighted by atomic mass is 10.3. The maximum atomic E-state index is 8.74. The third-order valence-corrected chi connectivity index (χ3v) is 2.49. The number of rotatable bonds is 7. The number of likely N-dealkylation sites (N-methyl/N-ethyl adjacent to an activating group) is 1. The molecule has 0 bridgehead atoms. The van der Waals surface area contributed by atoms with E-state index in [2.05, 4.69) is 29.1 Å². The second-order valence-corrected chi connectivity index (χ2v) is 3.47. The summed E-state index contributed by atoms with van der Waals surface area (Å²) in [6.45, 7) is 8.43. The van der Waals surface area contributed by atoms with Crippen LogP contribution in [0.15, 0.2) is 6.20 Å². The van der Waals surface area contributed by atoms with Crippen LogP contribution in [0.1, 0.15) is 19.5 Å². The van der Waals surface area contributed by atoms with Gasteiger partial charge < -0.3 is 10.0 Å². The average molecular weight is 212 g/mol. The van der Waals surface area contributed by atoms with Crippen LogP contribution in [-0.4, -0.2) is 51.2 Å². The van der Waals surface area contributed by atoms with Crippen LogP contribution in [0.5, 0.6) is 0 Å². The van der Waals surface area contributed by atoms with Crippen LogP contribution in [0.3, 0.4) is 0 Å². The van der Waals surface area contributed by atoms with Gasteiger partial charge in [-0.05, 0) is 13.1 Å². The summed E-state index contributed by atoms with van der Waals surface area (Å²) in [6.07, 6.45) is 2.49. The predicted molar refractivity (Wildman–Crippen MR) is 58.6 cm³/mol. The molecule has 0 spiro atoms. The highest BCUT2D eigenvalue weighted by atomic mass is 16.3. The van der Waals surface area contributed by atoms with Gasteiger partial charge >= 0.3 is 0 Å². The Hall–Kier alpha value is -0.940. The molecule has 0 atom stereocenters. The molecule has 0 aliphatic carbocycles. The molecule has 1 N–H and O–H groups in total. The molecular weight excluding hydrogens is 192 g/mol. The minimum Gasteiger partial charge on any atom is -0.396 e. The third kappa shape index (κ3) is 3.97. The summed E-state index contributed by atoms with van der Waals surface area (Å²) in [5, 5.41) is 16.7. The SMILES string of the molecule is CCN(CC)CCn1cc(CCO)nn1. The third-order valence-electron chi connectivity index (χ3n) is 2.49. The van der Waals surface area contributed by atoms with Gasteiger partial charge in [-0.2, -0.15) is 0 Å². The first-order valence-electron chi connectivity index (χ1n) is 5.52. The summed E-state index contributed by atoms with van der Waals surface area (Å²) >= 11 is 0. The van der Waals surface area contributed by atoms with Crippen LogP contribution in [0.25, 0.3) is 0 Å². The average Bonchev–Trinajstić information content (AvgIpc) is 2.68. The molecule has 0 saturated heterocycles. The van der Waals surface area contributed by atoms with Crippen LogP contribution in [0.2, 0.25) is 0 Å². The second-order valence-electron chi connectivity index (χ2n) is 3.47. The minimum atomic E-state index is 0.134. The zero-order valence-electron chi connectivity index (χ0n) is 9.56. The summed E-state index contributed by atoms with van der Waals surface area (Å²) < 4.78 is 1.84. The van der Waals surface area contributed by atoms with Crippen LogP contribution < -0.4 is 0 Å². The van der Waals surface area contributed by atoms with Crippen molar-refractivity contribution in [3.05, 3.63) is 11.9 Å². The van der Waals surface area contributed by atoms with Crippen molar-refractivity contribution >= 4 is 0 Å². The smallest absolute Gasteiger partial charge is 0.0849 e. The molecule has 1 aromatic rings. The highest BCUT2D eigenvalue weighted by molar-refractivity contribution is 4.91. The van der Waals surface area contributed by atoms with E-state index < -0.39 is 0 Å². The number of nitrogens with zero attached hydrogens (tertiary/aromatic N) is 4. The Morgan fingerprint density at radius 1 is 1.40 bits per heavy atom. The van der Waals surface area contributed by atoms with E-state index in [4.69, 9.17) is 5.11 Å². The Bertz CT molecular complexity index is 270. The molecule has 0 unspecified atom stereocenters. The van der Waals surface area contributed by atoms with Gasteiger partial charge in [-0.3, -0.25) is 4.68 Å². The number of hydrogen-bond acceptors (Lipinski definition) is 4. The van der Waals surface area contributed by atoms with Gasteiger partial charge in [0.05, 0.1) is 12.2 Å². The van der Waals surface area contributed by atoms with Gasteiger partial charge in [0, 0.05) is 25.8 Å². The maximum absolute atomic E-state index is 8.74. The molecule has 0 aliphatic rings. The van der Waals surface area contributed by atoms with Crippen molar-refractivity contribution < 1.29 is 5.11 Å². The van der Waals surface area contributed by atoms with Crippen molar-refractivity contribution in [1.82, 2.24) is 19.9 Å². The molecule has 0 aromatic carbocycles. The van der Waals surface area contributed by atoms with Gasteiger partial charge in [0.15, 0.2) is 0 Å². The molecule has 0 aliphatic heterocycles. The van der Waals surface area contributed by atoms with E-state index in [1.165, 1.54) is 0 Å². The summed E-state index contributed by atoms with van der Waals surface area (Å²) in [4.78, 5) is 2.34. The molecule has 0 fully saturated rings. The molecule has 0 amide bonds. The summed E-state index contributed by atoms with van der Waals surface area (Å²) in [5.74, 6) is 0. The minimum absolute atomic E-state index is 0.134. The van der Waals surface area contributed by atoms with Crippen LogP contribution in [-0.2, 0) is 13.0 Å². The zero-order chi connectivity index (χ0) is 11.1. The monoisotopic (exact) mass is 212 g/mol. The molecule has 0 radical (unpaired) electrons. The van der Waals surface area contributed by atoms with Crippen LogP contribution in [0, 0.1) is 0 Å². The van der Waals surface area contributed by atoms with Crippen molar-refractivity contribution in [1.29, 1.82) is 0 Å². The van der Waals surface area contributed by atoms with Gasteiger partial charge in [-0.25, -0.2) is 0 Å². The Balaban J connectivity index is 2.36. The predicted octanol–water partition coefficient (Wildman–Crippen LogP) is 0.155. The molecule has 0 saturated carbocycles. The molecule has 5 heteroatoms. The standard InChI is InChI=1S/C10H20N4O/c1-3-13(4-2)6-7-14-9-10(5-8-15)11-12-14/h9,15H,3-8H2,1-2H3. The van der Waals surface area contributed by atoms with E-state index in [1.807, 2.05) is 10.9 Å². The first kappa shape index (κ1) is 12.1. The van der Waals surface area contributed by atoms with Crippen molar-refractivity contribution in [2.75, 3.05) is 26.2 Å². The lowest BCUT2D eigenvalue weighted by Gasteiger charge is -2.17. The molecule has 1 heterocycles. The quantitative estimate of drug-likeness (QED) is 0.699. The Labute approximate surface area is 90.7 Å². The fraction of sp³-hybridized carbons (Fsp3) is 0.800. The lowest BCUT2D eigenvalue weighted by Crippen LogP contribution is -2.27. The van der Waals surface area contributed by atoms with E-state index in [0.717, 1.165) is 31.9 Å². The van der Waals surface area contributed by atoms with E-state index in [-0.39, 0.29) is 6.61 Å². The summed E-state index contributed by atoms with van der Waals surface area (Å²) in [7, 11) is 0. The van der Waals surface area contributed by atoms with E-state index in [0.29, 0.717) is 6.42 Å². The topological polar surface area (TPSA) is 54.2 Å². The number of aromatic nitrogens is 3. The van der Waals surface area contributed by atoms with E-state index in [1.54, 1.807) is 0 Å². The van der Waals surface area contributed by atoms with E-state index in [9.17, 15) is 0 Å². The van der Waals surface area contributed by atoms with Gasteiger partial charge in [0.2, 0.25) is 0 Å². The lowest BCUT2D eigenvalue weighted by molar-refractivity contribution is 0.284. The number of aliphatic hydroxyl groups excluding tert-OH is 1. The highest BCUT2D eigenvalue weighted by Crippen LogP contribution is 1.95. The largest absolute Gasteiger partial charge is 0.396 e. The molecule has 1 aromatic heterocycles. The fourth-order valence-electron chi connectivity index (χ4n) is 1.46. The normalized spacial score (nSPS) is 11.2. The molecule has 86 valence electrons. The Kier molecular flexibility index (Phi) is 5.28. The first-order valence-corrected chi connectivity index (χ1v) is 5.52. The van der Waals surface area contributed by atoms with E-state index >= 15 is 0 Å². The van der Waals surface area contributed by atoms with Gasteiger partial charge in [-0.15, -0.1) is 5.10 Å². The van der Waals surface area contributed by atoms with Gasteiger partial charge in [0.25, 0.3) is 0 Å². The molecule has 1 rings (SSSR count). The van der Waals surface area contributed by atoms with Crippen molar-refractivity contribution in [2.24, 2.45) is 0 Å².